The predicted octanol–water partition coefficient (Wildman–Crippen LogP) is -0.884. The van der Waals surface area contributed by atoms with Crippen LogP contribution in [0.3, 0.4) is 0 Å². The van der Waals surface area contributed by atoms with Gasteiger partial charge in [-0.15, -0.1) is 0 Å². The molecule has 1 rings (SSSR count). The number of hydrogen-bond acceptors (Lipinski definition) is 6. The van der Waals surface area contributed by atoms with Crippen LogP contribution in [0.25, 0.3) is 0 Å². The first-order chi connectivity index (χ1) is 9.58. The monoisotopic (exact) mass is 307 g/mol. The summed E-state index contributed by atoms with van der Waals surface area (Å²) in [7, 11) is -2.67. The van der Waals surface area contributed by atoms with Crippen molar-refractivity contribution in [1.82, 2.24) is 11.0 Å². The third-order valence-electron chi connectivity index (χ3n) is 3.01. The average Bonchev–Trinajstić information content (AvgIpc) is 2.71. The van der Waals surface area contributed by atoms with Gasteiger partial charge in [0.2, 0.25) is 0 Å². The Hall–Kier alpha value is -0.553. The molecule has 0 saturated carbocycles. The van der Waals surface area contributed by atoms with Crippen LogP contribution in [-0.2, 0) is 18.1 Å². The number of amides is 1. The molecule has 0 aromatic rings. The fourth-order valence-electron chi connectivity index (χ4n) is 2.20. The molecular weight excluding hydrogens is 282 g/mol. The zero-order valence-electron chi connectivity index (χ0n) is 12.4. The third-order valence-corrected chi connectivity index (χ3v) is 6.16. The van der Waals surface area contributed by atoms with E-state index in [4.69, 9.17) is 13.3 Å². The van der Waals surface area contributed by atoms with E-state index in [0.717, 1.165) is 0 Å². The molecule has 0 aromatic carbocycles. The molecule has 1 fully saturated rings. The smallest absolute Gasteiger partial charge is 0.500 e. The first-order valence-electron chi connectivity index (χ1n) is 7.10. The van der Waals surface area contributed by atoms with Crippen LogP contribution < -0.4 is 16.1 Å². The number of hydrogen-bond donors (Lipinski definition) is 3. The summed E-state index contributed by atoms with van der Waals surface area (Å²) in [4.78, 5) is 11.4. The van der Waals surface area contributed by atoms with Crippen LogP contribution in [0, 0.1) is 5.21 Å². The largest absolute Gasteiger partial charge is 0.611 e. The fraction of sp³-hybridized carbons (Fsp3) is 0.909. The molecule has 20 heavy (non-hydrogen) atoms. The Labute approximate surface area is 120 Å². The van der Waals surface area contributed by atoms with Gasteiger partial charge in [-0.25, -0.2) is 5.43 Å². The van der Waals surface area contributed by atoms with E-state index >= 15 is 0 Å². The standard InChI is InChI=1S/C11H25N3O5Si/c1-4-17-20(18-5-2,19-6-3)9-7-8-10-11(15)12-13-14(10)16/h10,13-14H,4-9H2,1-3H3,(H,12,15). The first kappa shape index (κ1) is 17.5. The number of hydroxylamine groups is 1. The Morgan fingerprint density at radius 2 is 1.75 bits per heavy atom. The van der Waals surface area contributed by atoms with Crippen molar-refractivity contribution in [3.63, 3.8) is 0 Å². The van der Waals surface area contributed by atoms with Crippen LogP contribution in [-0.4, -0.2) is 40.6 Å². The zero-order chi connectivity index (χ0) is 15.0. The highest BCUT2D eigenvalue weighted by Crippen LogP contribution is 2.19. The summed E-state index contributed by atoms with van der Waals surface area (Å²) in [6.45, 7) is 7.27. The molecule has 0 radical (unpaired) electrons. The van der Waals surface area contributed by atoms with Gasteiger partial charge in [-0.2, -0.15) is 0 Å². The van der Waals surface area contributed by atoms with Crippen molar-refractivity contribution in [2.24, 2.45) is 0 Å². The van der Waals surface area contributed by atoms with Crippen molar-refractivity contribution in [2.45, 2.75) is 45.7 Å². The van der Waals surface area contributed by atoms with E-state index < -0.39 is 14.8 Å². The summed E-state index contributed by atoms with van der Waals surface area (Å²) < 4.78 is 17.2. The van der Waals surface area contributed by atoms with Crippen molar-refractivity contribution >= 4 is 14.7 Å². The van der Waals surface area contributed by atoms with E-state index in [2.05, 4.69) is 11.0 Å². The quantitative estimate of drug-likeness (QED) is 0.358. The molecular formula is C11H25N3O5Si. The van der Waals surface area contributed by atoms with Crippen molar-refractivity contribution in [3.8, 4) is 0 Å². The summed E-state index contributed by atoms with van der Waals surface area (Å²) in [6, 6.07) is -0.00821. The first-order valence-corrected chi connectivity index (χ1v) is 9.03. The van der Waals surface area contributed by atoms with Crippen molar-refractivity contribution in [2.75, 3.05) is 19.8 Å². The van der Waals surface area contributed by atoms with Gasteiger partial charge in [0.05, 0.1) is 0 Å². The van der Waals surface area contributed by atoms with Gasteiger partial charge in [0.1, 0.15) is 0 Å². The Morgan fingerprint density at radius 1 is 1.20 bits per heavy atom. The molecule has 0 aliphatic carbocycles. The second kappa shape index (κ2) is 8.67. The molecule has 0 spiro atoms. The maximum Gasteiger partial charge on any atom is 0.500 e. The second-order valence-corrected chi connectivity index (χ2v) is 7.14. The highest BCUT2D eigenvalue weighted by molar-refractivity contribution is 6.60. The van der Waals surface area contributed by atoms with Gasteiger partial charge in [-0.3, -0.25) is 9.97 Å². The number of carbonyl (C=O) groups excluding carboxylic acids is 1. The predicted molar refractivity (Wildman–Crippen MR) is 74.1 cm³/mol. The maximum atomic E-state index is 11.4. The zero-order valence-corrected chi connectivity index (χ0v) is 13.4. The molecule has 1 aliphatic rings. The summed E-state index contributed by atoms with van der Waals surface area (Å²) in [6.07, 6.45) is 1.12. The molecule has 0 aromatic heterocycles. The normalized spacial score (nSPS) is 23.1. The molecule has 8 nitrogen and oxygen atoms in total. The summed E-state index contributed by atoms with van der Waals surface area (Å²) in [5.74, 6) is -0.272. The Morgan fingerprint density at radius 3 is 2.15 bits per heavy atom. The van der Waals surface area contributed by atoms with Gasteiger partial charge in [0, 0.05) is 32.3 Å². The number of quaternary nitrogens is 1. The lowest BCUT2D eigenvalue weighted by molar-refractivity contribution is -0.906. The molecule has 9 heteroatoms. The van der Waals surface area contributed by atoms with Gasteiger partial charge >= 0.3 is 8.80 Å². The van der Waals surface area contributed by atoms with Crippen LogP contribution in [0.15, 0.2) is 0 Å². The van der Waals surface area contributed by atoms with E-state index in [1.165, 1.54) is 0 Å². The van der Waals surface area contributed by atoms with Crippen LogP contribution in [0.1, 0.15) is 33.6 Å². The maximum absolute atomic E-state index is 11.4. The lowest BCUT2D eigenvalue weighted by atomic mass is 10.2. The number of nitrogens with one attached hydrogen (secondary N) is 3. The van der Waals surface area contributed by atoms with Gasteiger partial charge in [-0.05, 0) is 27.2 Å². The topological polar surface area (TPSA) is 96.3 Å². The van der Waals surface area contributed by atoms with Crippen molar-refractivity contribution in [1.29, 1.82) is 0 Å². The number of rotatable bonds is 10. The average molecular weight is 307 g/mol. The molecule has 1 heterocycles. The van der Waals surface area contributed by atoms with Gasteiger partial charge in [-0.1, -0.05) is 5.53 Å². The lowest BCUT2D eigenvalue weighted by Gasteiger charge is -2.29. The van der Waals surface area contributed by atoms with Crippen LogP contribution >= 0.6 is 0 Å². The van der Waals surface area contributed by atoms with Crippen LogP contribution in [0.5, 0.6) is 0 Å². The second-order valence-electron chi connectivity index (χ2n) is 4.41. The molecule has 1 aliphatic heterocycles. The van der Waals surface area contributed by atoms with E-state index in [1.807, 2.05) is 20.8 Å². The van der Waals surface area contributed by atoms with Gasteiger partial charge in [0.25, 0.3) is 5.91 Å². The minimum absolute atomic E-state index is 0.272. The minimum atomic E-state index is -2.67. The molecule has 1 amide bonds. The summed E-state index contributed by atoms with van der Waals surface area (Å²) >= 11 is 0. The van der Waals surface area contributed by atoms with E-state index in [0.29, 0.717) is 38.7 Å². The van der Waals surface area contributed by atoms with Gasteiger partial charge in [0.15, 0.2) is 6.04 Å². The summed E-state index contributed by atoms with van der Waals surface area (Å²) in [5, 5.41) is 11.2. The van der Waals surface area contributed by atoms with Crippen molar-refractivity contribution in [3.05, 3.63) is 5.21 Å². The van der Waals surface area contributed by atoms with Crippen LogP contribution in [0.2, 0.25) is 6.04 Å². The number of hydrazine groups is 1. The molecule has 2 unspecified atom stereocenters. The lowest BCUT2D eigenvalue weighted by Crippen LogP contribution is -3.15. The highest BCUT2D eigenvalue weighted by atomic mass is 28.4. The van der Waals surface area contributed by atoms with Gasteiger partial charge < -0.3 is 18.5 Å². The number of carbonyl (C=O) groups is 1. The minimum Gasteiger partial charge on any atom is -0.611 e. The van der Waals surface area contributed by atoms with E-state index in [-0.39, 0.29) is 11.1 Å². The highest BCUT2D eigenvalue weighted by Gasteiger charge is 2.41. The Bertz CT molecular complexity index is 291. The van der Waals surface area contributed by atoms with E-state index in [9.17, 15) is 10.0 Å². The molecule has 3 N–H and O–H groups in total. The fourth-order valence-corrected chi connectivity index (χ4v) is 4.84. The molecule has 2 atom stereocenters. The Balaban J connectivity index is 2.50. The SMILES string of the molecule is CCO[Si](CCCC1C(=O)NN[NH+]1[O-])(OCC)OCC. The van der Waals surface area contributed by atoms with Crippen molar-refractivity contribution < 1.29 is 23.2 Å². The molecule has 118 valence electrons. The van der Waals surface area contributed by atoms with E-state index in [1.54, 1.807) is 0 Å². The third kappa shape index (κ3) is 4.77. The molecule has 0 bridgehead atoms. The molecule has 1 saturated heterocycles. The Kier molecular flexibility index (Phi) is 7.59. The summed E-state index contributed by atoms with van der Waals surface area (Å²) in [5.41, 5.74) is 4.64. The van der Waals surface area contributed by atoms with Crippen LogP contribution in [0.4, 0.5) is 0 Å².